The number of alkyl halides is 2. The number of anilines is 1. The van der Waals surface area contributed by atoms with Crippen molar-refractivity contribution in [2.75, 3.05) is 11.6 Å². The maximum atomic E-state index is 13.7. The van der Waals surface area contributed by atoms with E-state index in [-0.39, 0.29) is 12.2 Å². The number of likely N-dealkylation sites (N-methyl/N-ethyl adjacent to an activating group) is 1. The Morgan fingerprint density at radius 1 is 1.21 bits per heavy atom. The quantitative estimate of drug-likeness (QED) is 0.371. The molecule has 0 saturated heterocycles. The van der Waals surface area contributed by atoms with Crippen LogP contribution in [0, 0.1) is 12.7 Å². The van der Waals surface area contributed by atoms with Gasteiger partial charge in [-0.25, -0.2) is 23.2 Å². The summed E-state index contributed by atoms with van der Waals surface area (Å²) in [6.45, 7) is 6.00. The highest BCUT2D eigenvalue weighted by atomic mass is 19.3. The molecule has 0 radical (unpaired) electrons. The van der Waals surface area contributed by atoms with Gasteiger partial charge in [0.15, 0.2) is 6.04 Å². The number of amides is 1. The number of rotatable bonds is 6. The van der Waals surface area contributed by atoms with Crippen LogP contribution in [0.3, 0.4) is 0 Å². The predicted molar refractivity (Wildman–Crippen MR) is 140 cm³/mol. The van der Waals surface area contributed by atoms with Crippen molar-refractivity contribution in [2.24, 2.45) is 0 Å². The Balaban J connectivity index is 0.000000278. The summed E-state index contributed by atoms with van der Waals surface area (Å²) in [7, 11) is 0. The molecule has 3 aromatic rings. The van der Waals surface area contributed by atoms with Gasteiger partial charge in [-0.1, -0.05) is 30.3 Å². The monoisotopic (exact) mass is 528 g/mol. The van der Waals surface area contributed by atoms with E-state index >= 15 is 0 Å². The number of hydrogen-bond acceptors (Lipinski definition) is 4. The van der Waals surface area contributed by atoms with Crippen LogP contribution in [-0.2, 0) is 11.2 Å². The van der Waals surface area contributed by atoms with E-state index in [0.29, 0.717) is 16.7 Å². The molecule has 1 N–H and O–H groups in total. The molecule has 2 aromatic carbocycles. The third-order valence-electron chi connectivity index (χ3n) is 7.41. The lowest BCUT2D eigenvalue weighted by molar-refractivity contribution is -0.155. The van der Waals surface area contributed by atoms with Gasteiger partial charge in [0.05, 0.1) is 5.69 Å². The lowest BCUT2D eigenvalue weighted by Crippen LogP contribution is -2.55. The van der Waals surface area contributed by atoms with Crippen LogP contribution in [0.15, 0.2) is 60.9 Å². The molecule has 204 valence electrons. The predicted octanol–water partition coefficient (Wildman–Crippen LogP) is 6.50. The Kier molecular flexibility index (Phi) is 8.45. The molecule has 6 nitrogen and oxygen atoms in total. The average molecular weight is 529 g/mol. The maximum Gasteiger partial charge on any atom is 0.252 e. The number of carbonyl (C=O) groups is 1. The van der Waals surface area contributed by atoms with E-state index in [4.69, 9.17) is 0 Å². The second kappa shape index (κ2) is 11.6. The molecule has 9 heteroatoms. The number of aryl methyl sites for hydroxylation is 2. The number of benzene rings is 2. The molecule has 1 aliphatic carbocycles. The van der Waals surface area contributed by atoms with Gasteiger partial charge in [0.25, 0.3) is 11.8 Å². The molecule has 1 aromatic heterocycles. The molecule has 1 fully saturated rings. The lowest BCUT2D eigenvalue weighted by atomic mass is 9.86. The number of halogens is 3. The van der Waals surface area contributed by atoms with E-state index in [9.17, 15) is 23.2 Å². The molecule has 1 aliphatic heterocycles. The van der Waals surface area contributed by atoms with E-state index in [2.05, 4.69) is 22.7 Å². The maximum absolute atomic E-state index is 13.7. The zero-order chi connectivity index (χ0) is 27.4. The molecule has 1 unspecified atom stereocenters. The summed E-state index contributed by atoms with van der Waals surface area (Å²) in [4.78, 5) is 19.0. The zero-order valence-corrected chi connectivity index (χ0v) is 22.0. The molecule has 1 amide bonds. The van der Waals surface area contributed by atoms with Crippen LogP contribution in [0.2, 0.25) is 0 Å². The number of imidazole rings is 1. The Morgan fingerprint density at radius 3 is 2.58 bits per heavy atom. The fourth-order valence-corrected chi connectivity index (χ4v) is 5.27. The molecule has 38 heavy (non-hydrogen) atoms. The first kappa shape index (κ1) is 27.7. The number of aromatic nitrogens is 2. The van der Waals surface area contributed by atoms with Crippen molar-refractivity contribution < 1.29 is 23.2 Å². The zero-order valence-electron chi connectivity index (χ0n) is 22.0. The highest BCUT2D eigenvalue weighted by Gasteiger charge is 2.50. The molecule has 2 atom stereocenters. The first-order chi connectivity index (χ1) is 18.1. The summed E-state index contributed by atoms with van der Waals surface area (Å²) in [5, 5.41) is 11.6. The van der Waals surface area contributed by atoms with Gasteiger partial charge in [0.1, 0.15) is 11.6 Å². The van der Waals surface area contributed by atoms with E-state index in [1.807, 2.05) is 6.20 Å². The molecule has 0 bridgehead atoms. The van der Waals surface area contributed by atoms with Crippen molar-refractivity contribution in [2.45, 2.75) is 76.9 Å². The summed E-state index contributed by atoms with van der Waals surface area (Å²) >= 11 is 0. The van der Waals surface area contributed by atoms with Crippen LogP contribution in [0.4, 0.5) is 18.9 Å². The van der Waals surface area contributed by atoms with Crippen LogP contribution >= 0.6 is 0 Å². The highest BCUT2D eigenvalue weighted by molar-refractivity contribution is 5.87. The standard InChI is InChI=1S/C21H23F3N2O2.C8H12N2/c1-3-25(17-12-21(23,24)13-17)20(27)19(18-10-5-4-7-14(18)2)26(28)16-9-6-8-15(22)11-16;1-7-3-2-4-8-9-5-6-10(7)8/h4-11,17,19,28H,3,12-13H2,1-2H3;5-7H,2-4H2,1H3/t;7-/m.1/s1. The van der Waals surface area contributed by atoms with E-state index in [1.54, 1.807) is 38.1 Å². The van der Waals surface area contributed by atoms with Gasteiger partial charge >= 0.3 is 0 Å². The largest absolute Gasteiger partial charge is 0.337 e. The molecular weight excluding hydrogens is 493 g/mol. The van der Waals surface area contributed by atoms with Crippen LogP contribution in [0.25, 0.3) is 0 Å². The number of hydrogen-bond donors (Lipinski definition) is 1. The van der Waals surface area contributed by atoms with Gasteiger partial charge in [-0.05, 0) is 62.9 Å². The minimum absolute atomic E-state index is 0.108. The Hall–Kier alpha value is -3.33. The molecule has 2 heterocycles. The summed E-state index contributed by atoms with van der Waals surface area (Å²) < 4.78 is 42.7. The summed E-state index contributed by atoms with van der Waals surface area (Å²) in [5.41, 5.74) is 1.40. The molecule has 5 rings (SSSR count). The number of fused-ring (bicyclic) bond motifs is 1. The number of nitrogens with zero attached hydrogens (tertiary/aromatic N) is 4. The smallest absolute Gasteiger partial charge is 0.252 e. The van der Waals surface area contributed by atoms with Gasteiger partial charge in [0.2, 0.25) is 0 Å². The lowest BCUT2D eigenvalue weighted by Gasteiger charge is -2.44. The van der Waals surface area contributed by atoms with Crippen molar-refractivity contribution >= 4 is 11.6 Å². The third-order valence-corrected chi connectivity index (χ3v) is 7.41. The second-order valence-electron chi connectivity index (χ2n) is 10.1. The van der Waals surface area contributed by atoms with Crippen molar-refractivity contribution in [3.8, 4) is 0 Å². The normalized spacial score (nSPS) is 18.9. The fraction of sp³-hybridized carbons (Fsp3) is 0.448. The van der Waals surface area contributed by atoms with Crippen LogP contribution in [0.1, 0.15) is 68.6 Å². The van der Waals surface area contributed by atoms with Crippen LogP contribution in [0.5, 0.6) is 0 Å². The first-order valence-corrected chi connectivity index (χ1v) is 13.1. The summed E-state index contributed by atoms with van der Waals surface area (Å²) in [6.07, 6.45) is 6.98. The summed E-state index contributed by atoms with van der Waals surface area (Å²) in [5.74, 6) is -2.56. The highest BCUT2D eigenvalue weighted by Crippen LogP contribution is 2.42. The van der Waals surface area contributed by atoms with Gasteiger partial charge < -0.3 is 9.47 Å². The molecule has 2 aliphatic rings. The number of hydroxylamine groups is 1. The van der Waals surface area contributed by atoms with Crippen molar-refractivity contribution in [1.82, 2.24) is 14.5 Å². The average Bonchev–Trinajstić information content (AvgIpc) is 3.35. The number of carbonyl (C=O) groups excluding carboxylic acids is 1. The summed E-state index contributed by atoms with van der Waals surface area (Å²) in [6, 6.07) is 11.2. The Morgan fingerprint density at radius 2 is 1.95 bits per heavy atom. The second-order valence-corrected chi connectivity index (χ2v) is 10.1. The van der Waals surface area contributed by atoms with Crippen LogP contribution in [-0.4, -0.2) is 44.1 Å². The minimum Gasteiger partial charge on any atom is -0.337 e. The van der Waals surface area contributed by atoms with E-state index in [1.165, 1.54) is 41.8 Å². The van der Waals surface area contributed by atoms with Gasteiger partial charge in [-0.3, -0.25) is 10.0 Å². The Bertz CT molecular complexity index is 1240. The molecule has 0 spiro atoms. The third kappa shape index (κ3) is 6.04. The molecule has 1 saturated carbocycles. The van der Waals surface area contributed by atoms with Crippen LogP contribution < -0.4 is 5.06 Å². The van der Waals surface area contributed by atoms with Gasteiger partial charge in [0, 0.05) is 50.3 Å². The van der Waals surface area contributed by atoms with E-state index in [0.717, 1.165) is 18.1 Å². The fourth-order valence-electron chi connectivity index (χ4n) is 5.27. The molecular formula is C29H35F3N4O2. The van der Waals surface area contributed by atoms with E-state index < -0.39 is 42.6 Å². The van der Waals surface area contributed by atoms with Crippen molar-refractivity contribution in [3.63, 3.8) is 0 Å². The Labute approximate surface area is 221 Å². The van der Waals surface area contributed by atoms with Gasteiger partial charge in [-0.2, -0.15) is 0 Å². The van der Waals surface area contributed by atoms with Crippen molar-refractivity contribution in [1.29, 1.82) is 0 Å². The first-order valence-electron chi connectivity index (χ1n) is 13.1. The topological polar surface area (TPSA) is 61.6 Å². The minimum atomic E-state index is -2.77. The van der Waals surface area contributed by atoms with Crippen molar-refractivity contribution in [3.05, 3.63) is 83.7 Å². The SMILES string of the molecule is CCN(C(=O)C(c1ccccc1C)N(O)c1cccc(F)c1)C1CC(F)(F)C1.C[C@@H]1CCCc2nccn21. The van der Waals surface area contributed by atoms with Gasteiger partial charge in [-0.15, -0.1) is 0 Å².